The quantitative estimate of drug-likeness (QED) is 0.364. The van der Waals surface area contributed by atoms with Crippen molar-refractivity contribution in [2.75, 3.05) is 0 Å². The van der Waals surface area contributed by atoms with E-state index in [0.29, 0.717) is 11.1 Å². The van der Waals surface area contributed by atoms with Crippen LogP contribution in [0.4, 0.5) is 5.69 Å². The molecule has 20 heavy (non-hydrogen) atoms. The molecule has 0 atom stereocenters. The Morgan fingerprint density at radius 2 is 1.90 bits per heavy atom. The van der Waals surface area contributed by atoms with Crippen LogP contribution in [0.2, 0.25) is 0 Å². The third-order valence-corrected chi connectivity index (χ3v) is 3.15. The standard InChI is InChI=1S/C15H10BrNO3/c16-13-6-3-5-12(10-13)15(18)9-8-11-4-1-2-7-14(11)17(19)20/h1-10H. The van der Waals surface area contributed by atoms with Gasteiger partial charge in [0.2, 0.25) is 0 Å². The number of rotatable bonds is 4. The number of carbonyl (C=O) groups is 1. The average Bonchev–Trinajstić information content (AvgIpc) is 2.45. The number of allylic oxidation sites excluding steroid dienone is 1. The number of carbonyl (C=O) groups excluding carboxylic acids is 1. The van der Waals surface area contributed by atoms with Crippen molar-refractivity contribution in [1.82, 2.24) is 0 Å². The second kappa shape index (κ2) is 6.25. The predicted molar refractivity (Wildman–Crippen MR) is 80.6 cm³/mol. The molecule has 0 aliphatic rings. The zero-order valence-corrected chi connectivity index (χ0v) is 11.9. The highest BCUT2D eigenvalue weighted by atomic mass is 79.9. The normalized spacial score (nSPS) is 10.7. The minimum Gasteiger partial charge on any atom is -0.289 e. The summed E-state index contributed by atoms with van der Waals surface area (Å²) >= 11 is 3.29. The first-order valence-corrected chi connectivity index (χ1v) is 6.58. The molecular formula is C15H10BrNO3. The molecule has 2 aromatic carbocycles. The highest BCUT2D eigenvalue weighted by Crippen LogP contribution is 2.19. The molecule has 2 rings (SSSR count). The van der Waals surface area contributed by atoms with E-state index in [1.54, 1.807) is 36.4 Å². The number of hydrogen-bond acceptors (Lipinski definition) is 3. The fourth-order valence-electron chi connectivity index (χ4n) is 1.70. The highest BCUT2D eigenvalue weighted by molar-refractivity contribution is 9.10. The molecule has 0 bridgehead atoms. The number of ketones is 1. The molecule has 0 aliphatic heterocycles. The van der Waals surface area contributed by atoms with E-state index in [-0.39, 0.29) is 11.5 Å². The van der Waals surface area contributed by atoms with Crippen LogP contribution in [0.1, 0.15) is 15.9 Å². The van der Waals surface area contributed by atoms with Gasteiger partial charge in [-0.3, -0.25) is 14.9 Å². The van der Waals surface area contributed by atoms with Crippen molar-refractivity contribution in [2.24, 2.45) is 0 Å². The van der Waals surface area contributed by atoms with E-state index in [0.717, 1.165) is 4.47 Å². The molecule has 0 saturated carbocycles. The van der Waals surface area contributed by atoms with Crippen LogP contribution in [0.25, 0.3) is 6.08 Å². The van der Waals surface area contributed by atoms with Crippen LogP contribution in [0.3, 0.4) is 0 Å². The molecule has 0 fully saturated rings. The molecular weight excluding hydrogens is 322 g/mol. The maximum atomic E-state index is 12.0. The Hall–Kier alpha value is -2.27. The summed E-state index contributed by atoms with van der Waals surface area (Å²) in [5.41, 5.74) is 0.904. The second-order valence-corrected chi connectivity index (χ2v) is 4.94. The molecule has 0 radical (unpaired) electrons. The summed E-state index contributed by atoms with van der Waals surface area (Å²) < 4.78 is 0.808. The lowest BCUT2D eigenvalue weighted by atomic mass is 10.1. The van der Waals surface area contributed by atoms with Gasteiger partial charge in [0.15, 0.2) is 5.78 Å². The third kappa shape index (κ3) is 3.39. The van der Waals surface area contributed by atoms with E-state index in [2.05, 4.69) is 15.9 Å². The maximum Gasteiger partial charge on any atom is 0.276 e. The molecule has 0 spiro atoms. The second-order valence-electron chi connectivity index (χ2n) is 4.02. The summed E-state index contributed by atoms with van der Waals surface area (Å²) in [6, 6.07) is 13.3. The lowest BCUT2D eigenvalue weighted by molar-refractivity contribution is -0.385. The van der Waals surface area contributed by atoms with Gasteiger partial charge < -0.3 is 0 Å². The Labute approximate surface area is 124 Å². The topological polar surface area (TPSA) is 60.2 Å². The maximum absolute atomic E-state index is 12.0. The SMILES string of the molecule is O=C(C=Cc1ccccc1[N+](=O)[O-])c1cccc(Br)c1. The van der Waals surface area contributed by atoms with Crippen LogP contribution >= 0.6 is 15.9 Å². The number of nitrogens with zero attached hydrogens (tertiary/aromatic N) is 1. The van der Waals surface area contributed by atoms with Crippen molar-refractivity contribution in [3.05, 3.63) is 80.3 Å². The molecule has 4 nitrogen and oxygen atoms in total. The summed E-state index contributed by atoms with van der Waals surface area (Å²) in [5, 5.41) is 10.9. The Morgan fingerprint density at radius 3 is 2.60 bits per heavy atom. The largest absolute Gasteiger partial charge is 0.289 e. The summed E-state index contributed by atoms with van der Waals surface area (Å²) in [6.07, 6.45) is 2.80. The molecule has 0 saturated heterocycles. The lowest BCUT2D eigenvalue weighted by Gasteiger charge is -1.98. The zero-order valence-electron chi connectivity index (χ0n) is 10.3. The monoisotopic (exact) mass is 331 g/mol. The van der Waals surface area contributed by atoms with Crippen molar-refractivity contribution < 1.29 is 9.72 Å². The number of benzene rings is 2. The van der Waals surface area contributed by atoms with Crippen LogP contribution in [0.5, 0.6) is 0 Å². The molecule has 0 N–H and O–H groups in total. The van der Waals surface area contributed by atoms with Crippen LogP contribution in [0.15, 0.2) is 59.1 Å². The molecule has 0 amide bonds. The summed E-state index contributed by atoms with van der Waals surface area (Å²) in [4.78, 5) is 22.4. The number of para-hydroxylation sites is 1. The van der Waals surface area contributed by atoms with Crippen LogP contribution in [-0.4, -0.2) is 10.7 Å². The van der Waals surface area contributed by atoms with E-state index >= 15 is 0 Å². The lowest BCUT2D eigenvalue weighted by Crippen LogP contribution is -1.94. The minimum atomic E-state index is -0.469. The third-order valence-electron chi connectivity index (χ3n) is 2.66. The zero-order chi connectivity index (χ0) is 14.5. The van der Waals surface area contributed by atoms with Crippen molar-refractivity contribution in [3.8, 4) is 0 Å². The summed E-state index contributed by atoms with van der Waals surface area (Å²) in [6.45, 7) is 0. The van der Waals surface area contributed by atoms with Gasteiger partial charge in [0.1, 0.15) is 0 Å². The van der Waals surface area contributed by atoms with Crippen molar-refractivity contribution in [3.63, 3.8) is 0 Å². The van der Waals surface area contributed by atoms with E-state index in [1.807, 2.05) is 6.07 Å². The van der Waals surface area contributed by atoms with Gasteiger partial charge in [-0.15, -0.1) is 0 Å². The molecule has 0 heterocycles. The predicted octanol–water partition coefficient (Wildman–Crippen LogP) is 4.25. The Morgan fingerprint density at radius 1 is 1.15 bits per heavy atom. The molecule has 0 aliphatic carbocycles. The molecule has 0 unspecified atom stereocenters. The molecule has 5 heteroatoms. The van der Waals surface area contributed by atoms with E-state index < -0.39 is 4.92 Å². The Bertz CT molecular complexity index is 695. The average molecular weight is 332 g/mol. The van der Waals surface area contributed by atoms with Crippen LogP contribution in [-0.2, 0) is 0 Å². The molecule has 0 aromatic heterocycles. The van der Waals surface area contributed by atoms with Crippen LogP contribution in [0, 0.1) is 10.1 Å². The van der Waals surface area contributed by atoms with E-state index in [9.17, 15) is 14.9 Å². The molecule has 2 aromatic rings. The fourth-order valence-corrected chi connectivity index (χ4v) is 2.10. The number of halogens is 1. The fraction of sp³-hybridized carbons (Fsp3) is 0. The summed E-state index contributed by atoms with van der Waals surface area (Å²) in [5.74, 6) is -0.204. The van der Waals surface area contributed by atoms with Crippen LogP contribution < -0.4 is 0 Å². The van der Waals surface area contributed by atoms with E-state index in [4.69, 9.17) is 0 Å². The first-order chi connectivity index (χ1) is 9.58. The van der Waals surface area contributed by atoms with Crippen molar-refractivity contribution in [2.45, 2.75) is 0 Å². The van der Waals surface area contributed by atoms with E-state index in [1.165, 1.54) is 18.2 Å². The van der Waals surface area contributed by atoms with Gasteiger partial charge >= 0.3 is 0 Å². The number of nitro groups is 1. The Kier molecular flexibility index (Phi) is 4.42. The van der Waals surface area contributed by atoms with Gasteiger partial charge in [0.25, 0.3) is 5.69 Å². The highest BCUT2D eigenvalue weighted by Gasteiger charge is 2.10. The first-order valence-electron chi connectivity index (χ1n) is 5.79. The van der Waals surface area contributed by atoms with Crippen molar-refractivity contribution >= 4 is 33.5 Å². The van der Waals surface area contributed by atoms with Gasteiger partial charge in [-0.2, -0.15) is 0 Å². The van der Waals surface area contributed by atoms with Crippen molar-refractivity contribution in [1.29, 1.82) is 0 Å². The first kappa shape index (κ1) is 14.1. The molecule has 100 valence electrons. The summed E-state index contributed by atoms with van der Waals surface area (Å²) in [7, 11) is 0. The van der Waals surface area contributed by atoms with Gasteiger partial charge in [-0.05, 0) is 30.4 Å². The van der Waals surface area contributed by atoms with Gasteiger partial charge in [0.05, 0.1) is 10.5 Å². The van der Waals surface area contributed by atoms with Gasteiger partial charge in [-0.25, -0.2) is 0 Å². The minimum absolute atomic E-state index is 0.0224. The number of hydrogen-bond donors (Lipinski definition) is 0. The Balaban J connectivity index is 2.26. The van der Waals surface area contributed by atoms with Gasteiger partial charge in [-0.1, -0.05) is 40.2 Å². The van der Waals surface area contributed by atoms with Gasteiger partial charge in [0, 0.05) is 16.1 Å². The smallest absolute Gasteiger partial charge is 0.276 e. The number of nitro benzene ring substituents is 1.